The zero-order valence-corrected chi connectivity index (χ0v) is 12.2. The molecule has 1 aromatic rings. The molecule has 0 radical (unpaired) electrons. The Kier molecular flexibility index (Phi) is 3.66. The Morgan fingerprint density at radius 1 is 1.50 bits per heavy atom. The third-order valence-electron chi connectivity index (χ3n) is 3.56. The van der Waals surface area contributed by atoms with Crippen molar-refractivity contribution >= 4 is 6.01 Å². The second-order valence-corrected chi connectivity index (χ2v) is 6.41. The predicted molar refractivity (Wildman–Crippen MR) is 73.7 cm³/mol. The molecule has 1 heterocycles. The molecule has 102 valence electrons. The maximum atomic E-state index is 5.57. The first-order valence-electron chi connectivity index (χ1n) is 6.79. The Labute approximate surface area is 110 Å². The van der Waals surface area contributed by atoms with Crippen molar-refractivity contribution in [3.8, 4) is 0 Å². The van der Waals surface area contributed by atoms with Crippen LogP contribution in [0.1, 0.15) is 46.2 Å². The van der Waals surface area contributed by atoms with Crippen LogP contribution < -0.4 is 10.2 Å². The van der Waals surface area contributed by atoms with Gasteiger partial charge in [0.15, 0.2) is 0 Å². The third kappa shape index (κ3) is 3.48. The highest BCUT2D eigenvalue weighted by molar-refractivity contribution is 5.28. The summed E-state index contributed by atoms with van der Waals surface area (Å²) in [4.78, 5) is 6.69. The lowest BCUT2D eigenvalue weighted by Gasteiger charge is -2.22. The summed E-state index contributed by atoms with van der Waals surface area (Å²) in [5.41, 5.74) is 1.07. The van der Waals surface area contributed by atoms with Gasteiger partial charge in [0.2, 0.25) is 0 Å². The van der Waals surface area contributed by atoms with E-state index < -0.39 is 0 Å². The number of nitrogens with zero attached hydrogens (tertiary/aromatic N) is 2. The maximum absolute atomic E-state index is 5.57. The van der Waals surface area contributed by atoms with E-state index >= 15 is 0 Å². The van der Waals surface area contributed by atoms with Gasteiger partial charge in [0.05, 0.1) is 5.69 Å². The first kappa shape index (κ1) is 13.4. The Balaban J connectivity index is 1.92. The van der Waals surface area contributed by atoms with E-state index in [1.807, 2.05) is 0 Å². The zero-order valence-electron chi connectivity index (χ0n) is 12.2. The molecule has 0 saturated heterocycles. The SMILES string of the molecule is CC(C1CC1)N(C)c1nc(CNC(C)(C)C)co1. The molecule has 0 aliphatic heterocycles. The molecule has 18 heavy (non-hydrogen) atoms. The monoisotopic (exact) mass is 251 g/mol. The topological polar surface area (TPSA) is 41.3 Å². The average molecular weight is 251 g/mol. The van der Waals surface area contributed by atoms with E-state index in [4.69, 9.17) is 4.42 Å². The standard InChI is InChI=1S/C14H25N3O/c1-10(11-6-7-11)17(5)13-16-12(9-18-13)8-15-14(2,3)4/h9-11,15H,6-8H2,1-5H3. The van der Waals surface area contributed by atoms with Crippen LogP contribution in [0.3, 0.4) is 0 Å². The summed E-state index contributed by atoms with van der Waals surface area (Å²) >= 11 is 0. The van der Waals surface area contributed by atoms with Crippen LogP contribution in [0.25, 0.3) is 0 Å². The lowest BCUT2D eigenvalue weighted by Crippen LogP contribution is -2.35. The smallest absolute Gasteiger partial charge is 0.297 e. The minimum absolute atomic E-state index is 0.103. The third-order valence-corrected chi connectivity index (χ3v) is 3.56. The van der Waals surface area contributed by atoms with Crippen molar-refractivity contribution in [3.63, 3.8) is 0 Å². The quantitative estimate of drug-likeness (QED) is 0.873. The van der Waals surface area contributed by atoms with Gasteiger partial charge in [0.25, 0.3) is 6.01 Å². The average Bonchev–Trinajstić information content (AvgIpc) is 3.02. The van der Waals surface area contributed by atoms with E-state index in [0.717, 1.165) is 24.2 Å². The van der Waals surface area contributed by atoms with E-state index in [1.54, 1.807) is 6.26 Å². The zero-order chi connectivity index (χ0) is 13.3. The van der Waals surface area contributed by atoms with E-state index in [1.165, 1.54) is 12.8 Å². The molecule has 1 fully saturated rings. The van der Waals surface area contributed by atoms with Gasteiger partial charge < -0.3 is 14.6 Å². The molecule has 0 spiro atoms. The van der Waals surface area contributed by atoms with Crippen LogP contribution in [-0.4, -0.2) is 23.6 Å². The molecule has 0 amide bonds. The van der Waals surface area contributed by atoms with Crippen LogP contribution in [0.5, 0.6) is 0 Å². The fourth-order valence-electron chi connectivity index (χ4n) is 1.96. The number of nitrogens with one attached hydrogen (secondary N) is 1. The highest BCUT2D eigenvalue weighted by Crippen LogP contribution is 2.35. The van der Waals surface area contributed by atoms with Gasteiger partial charge in [-0.25, -0.2) is 0 Å². The summed E-state index contributed by atoms with van der Waals surface area (Å²) in [6, 6.07) is 1.26. The molecule has 1 atom stereocenters. The van der Waals surface area contributed by atoms with Gasteiger partial charge in [-0.1, -0.05) is 0 Å². The van der Waals surface area contributed by atoms with Gasteiger partial charge >= 0.3 is 0 Å². The molecular formula is C14H25N3O. The molecule has 2 rings (SSSR count). The molecule has 1 aliphatic rings. The molecule has 0 aromatic carbocycles. The number of oxazole rings is 1. The highest BCUT2D eigenvalue weighted by atomic mass is 16.4. The van der Waals surface area contributed by atoms with Crippen molar-refractivity contribution in [2.75, 3.05) is 11.9 Å². The van der Waals surface area contributed by atoms with Crippen LogP contribution in [0, 0.1) is 5.92 Å². The van der Waals surface area contributed by atoms with Crippen molar-refractivity contribution in [2.45, 2.75) is 58.7 Å². The summed E-state index contributed by atoms with van der Waals surface area (Å²) in [5, 5.41) is 3.41. The Morgan fingerprint density at radius 3 is 2.72 bits per heavy atom. The summed E-state index contributed by atoms with van der Waals surface area (Å²) in [6.45, 7) is 9.44. The first-order valence-corrected chi connectivity index (χ1v) is 6.79. The second-order valence-electron chi connectivity index (χ2n) is 6.41. The van der Waals surface area contributed by atoms with Crippen LogP contribution in [0.2, 0.25) is 0 Å². The van der Waals surface area contributed by atoms with Crippen LogP contribution in [0.15, 0.2) is 10.7 Å². The molecule has 1 N–H and O–H groups in total. The number of hydrogen-bond acceptors (Lipinski definition) is 4. The van der Waals surface area contributed by atoms with Gasteiger partial charge in [-0.05, 0) is 46.5 Å². The summed E-state index contributed by atoms with van der Waals surface area (Å²) in [5.74, 6) is 0.818. The van der Waals surface area contributed by atoms with E-state index in [9.17, 15) is 0 Å². The van der Waals surface area contributed by atoms with Crippen molar-refractivity contribution in [1.82, 2.24) is 10.3 Å². The summed E-state index contributed by atoms with van der Waals surface area (Å²) in [7, 11) is 2.07. The Hall–Kier alpha value is -1.03. The van der Waals surface area contributed by atoms with Gasteiger partial charge in [0.1, 0.15) is 6.26 Å². The molecule has 1 aromatic heterocycles. The normalized spacial score (nSPS) is 17.8. The fourth-order valence-corrected chi connectivity index (χ4v) is 1.96. The van der Waals surface area contributed by atoms with Crippen molar-refractivity contribution in [2.24, 2.45) is 5.92 Å². The van der Waals surface area contributed by atoms with Crippen LogP contribution in [-0.2, 0) is 6.54 Å². The minimum Gasteiger partial charge on any atom is -0.432 e. The molecule has 0 bridgehead atoms. The molecule has 1 saturated carbocycles. The summed E-state index contributed by atoms with van der Waals surface area (Å²) < 4.78 is 5.57. The lowest BCUT2D eigenvalue weighted by molar-refractivity contribution is 0.421. The van der Waals surface area contributed by atoms with Crippen molar-refractivity contribution in [1.29, 1.82) is 0 Å². The van der Waals surface area contributed by atoms with Crippen molar-refractivity contribution in [3.05, 3.63) is 12.0 Å². The Bertz CT molecular complexity index is 390. The van der Waals surface area contributed by atoms with E-state index in [-0.39, 0.29) is 5.54 Å². The largest absolute Gasteiger partial charge is 0.432 e. The lowest BCUT2D eigenvalue weighted by atomic mass is 10.1. The number of anilines is 1. The first-order chi connectivity index (χ1) is 8.37. The maximum Gasteiger partial charge on any atom is 0.297 e. The van der Waals surface area contributed by atoms with Gasteiger partial charge in [-0.2, -0.15) is 4.98 Å². The Morgan fingerprint density at radius 2 is 2.17 bits per heavy atom. The van der Waals surface area contributed by atoms with E-state index in [0.29, 0.717) is 6.04 Å². The van der Waals surface area contributed by atoms with Crippen LogP contribution in [0.4, 0.5) is 6.01 Å². The predicted octanol–water partition coefficient (Wildman–Crippen LogP) is 2.80. The van der Waals surface area contributed by atoms with Gasteiger partial charge in [-0.15, -0.1) is 0 Å². The molecule has 4 heteroatoms. The van der Waals surface area contributed by atoms with Crippen molar-refractivity contribution < 1.29 is 4.42 Å². The minimum atomic E-state index is 0.103. The number of aromatic nitrogens is 1. The van der Waals surface area contributed by atoms with E-state index in [2.05, 4.69) is 49.9 Å². The molecule has 1 aliphatic carbocycles. The highest BCUT2D eigenvalue weighted by Gasteiger charge is 2.32. The fraction of sp³-hybridized carbons (Fsp3) is 0.786. The molecular weight excluding hydrogens is 226 g/mol. The summed E-state index contributed by atoms with van der Waals surface area (Å²) in [6.07, 6.45) is 4.43. The van der Waals surface area contributed by atoms with Gasteiger partial charge in [-0.3, -0.25) is 0 Å². The molecule has 1 unspecified atom stereocenters. The second kappa shape index (κ2) is 4.92. The number of rotatable bonds is 5. The number of hydrogen-bond donors (Lipinski definition) is 1. The van der Waals surface area contributed by atoms with Crippen LogP contribution >= 0.6 is 0 Å². The molecule has 4 nitrogen and oxygen atoms in total. The van der Waals surface area contributed by atoms with Gasteiger partial charge in [0, 0.05) is 25.2 Å².